The van der Waals surface area contributed by atoms with Gasteiger partial charge in [0.2, 0.25) is 5.95 Å². The van der Waals surface area contributed by atoms with Crippen LogP contribution in [0.3, 0.4) is 0 Å². The third-order valence-corrected chi connectivity index (χ3v) is 5.14. The van der Waals surface area contributed by atoms with Gasteiger partial charge >= 0.3 is 0 Å². The lowest BCUT2D eigenvalue weighted by molar-refractivity contribution is -0.384. The second-order valence-corrected chi connectivity index (χ2v) is 6.99. The summed E-state index contributed by atoms with van der Waals surface area (Å²) in [6.45, 7) is 4.13. The molecule has 3 aromatic rings. The minimum absolute atomic E-state index is 0.140. The van der Waals surface area contributed by atoms with Crippen molar-refractivity contribution in [2.75, 3.05) is 38.2 Å². The molecule has 1 aliphatic rings. The number of hydrogen-bond donors (Lipinski definition) is 0. The minimum atomic E-state index is -0.347. The number of aromatic nitrogens is 2. The number of anilines is 1. The molecule has 29 heavy (non-hydrogen) atoms. The molecule has 2 heterocycles. The highest BCUT2D eigenvalue weighted by Crippen LogP contribution is 2.23. The maximum Gasteiger partial charge on any atom is 0.269 e. The number of piperazine rings is 1. The van der Waals surface area contributed by atoms with Crippen LogP contribution in [0.2, 0.25) is 0 Å². The molecule has 0 radical (unpaired) electrons. The van der Waals surface area contributed by atoms with Gasteiger partial charge in [0.05, 0.1) is 17.7 Å². The first-order valence-electron chi connectivity index (χ1n) is 9.52. The highest BCUT2D eigenvalue weighted by Gasteiger charge is 2.21. The summed E-state index contributed by atoms with van der Waals surface area (Å²) in [5.41, 5.74) is 2.11. The number of non-ortho nitro benzene ring substituents is 1. The Morgan fingerprint density at radius 3 is 2.66 bits per heavy atom. The molecule has 1 fully saturated rings. The normalized spacial score (nSPS) is 14.7. The third kappa shape index (κ3) is 4.22. The van der Waals surface area contributed by atoms with Crippen molar-refractivity contribution in [2.24, 2.45) is 0 Å². The Kier molecular flexibility index (Phi) is 5.44. The molecular formula is C21H23N5O3. The maximum atomic E-state index is 11.0. The van der Waals surface area contributed by atoms with E-state index < -0.39 is 0 Å². The quantitative estimate of drug-likeness (QED) is 0.473. The molecule has 1 aromatic heterocycles. The topological polar surface area (TPSA) is 76.7 Å². The largest absolute Gasteiger partial charge is 0.497 e. The van der Waals surface area contributed by atoms with E-state index in [4.69, 9.17) is 4.74 Å². The van der Waals surface area contributed by atoms with Gasteiger partial charge in [-0.05, 0) is 17.7 Å². The summed E-state index contributed by atoms with van der Waals surface area (Å²) in [5.74, 6) is 1.72. The molecule has 8 heteroatoms. The van der Waals surface area contributed by atoms with Crippen LogP contribution in [-0.2, 0) is 6.54 Å². The van der Waals surface area contributed by atoms with Gasteiger partial charge in [-0.1, -0.05) is 18.2 Å². The van der Waals surface area contributed by atoms with Crippen LogP contribution in [0.5, 0.6) is 5.75 Å². The van der Waals surface area contributed by atoms with Crippen molar-refractivity contribution < 1.29 is 9.66 Å². The highest BCUT2D eigenvalue weighted by atomic mass is 16.6. The lowest BCUT2D eigenvalue weighted by Gasteiger charge is -2.35. The molecule has 0 saturated carbocycles. The molecule has 2 aromatic carbocycles. The first-order chi connectivity index (χ1) is 14.1. The van der Waals surface area contributed by atoms with E-state index in [0.29, 0.717) is 6.54 Å². The van der Waals surface area contributed by atoms with Crippen molar-refractivity contribution >= 4 is 11.6 Å². The van der Waals surface area contributed by atoms with Crippen LogP contribution in [0.4, 0.5) is 11.6 Å². The van der Waals surface area contributed by atoms with Crippen LogP contribution in [0.15, 0.2) is 60.9 Å². The van der Waals surface area contributed by atoms with E-state index in [-0.39, 0.29) is 10.6 Å². The summed E-state index contributed by atoms with van der Waals surface area (Å²) in [6, 6.07) is 14.8. The van der Waals surface area contributed by atoms with Crippen LogP contribution in [0.25, 0.3) is 5.69 Å². The number of nitrogens with zero attached hydrogens (tertiary/aromatic N) is 5. The lowest BCUT2D eigenvalue weighted by Crippen LogP contribution is -2.46. The SMILES string of the molecule is COc1cccc(-n2ccnc2N2CCN(Cc3cccc([N+](=O)[O-])c3)CC2)c1. The van der Waals surface area contributed by atoms with Gasteiger partial charge in [-0.2, -0.15) is 0 Å². The lowest BCUT2D eigenvalue weighted by atomic mass is 10.2. The fourth-order valence-electron chi connectivity index (χ4n) is 3.62. The summed E-state index contributed by atoms with van der Waals surface area (Å²) in [4.78, 5) is 19.8. The molecule has 0 aliphatic carbocycles. The molecule has 0 amide bonds. The number of nitro groups is 1. The van der Waals surface area contributed by atoms with Crippen LogP contribution >= 0.6 is 0 Å². The van der Waals surface area contributed by atoms with E-state index >= 15 is 0 Å². The fraction of sp³-hybridized carbons (Fsp3) is 0.286. The molecule has 8 nitrogen and oxygen atoms in total. The summed E-state index contributed by atoms with van der Waals surface area (Å²) in [7, 11) is 1.66. The molecule has 0 N–H and O–H groups in total. The molecule has 0 unspecified atom stereocenters. The second kappa shape index (κ2) is 8.32. The molecule has 0 atom stereocenters. The van der Waals surface area contributed by atoms with E-state index in [9.17, 15) is 10.1 Å². The number of ether oxygens (including phenoxy) is 1. The Morgan fingerprint density at radius 1 is 1.10 bits per heavy atom. The Balaban J connectivity index is 1.42. The van der Waals surface area contributed by atoms with Gasteiger partial charge in [-0.15, -0.1) is 0 Å². The molecule has 1 saturated heterocycles. The van der Waals surface area contributed by atoms with Crippen LogP contribution < -0.4 is 9.64 Å². The summed E-state index contributed by atoms with van der Waals surface area (Å²) in [5, 5.41) is 11.0. The first kappa shape index (κ1) is 18.9. The summed E-state index contributed by atoms with van der Waals surface area (Å²) in [6.07, 6.45) is 3.77. The third-order valence-electron chi connectivity index (χ3n) is 5.14. The smallest absolute Gasteiger partial charge is 0.269 e. The van der Waals surface area contributed by atoms with E-state index in [2.05, 4.69) is 19.4 Å². The molecule has 150 valence electrons. The van der Waals surface area contributed by atoms with Crippen molar-refractivity contribution in [3.63, 3.8) is 0 Å². The van der Waals surface area contributed by atoms with Gasteiger partial charge in [0.25, 0.3) is 5.69 Å². The molecule has 0 bridgehead atoms. The predicted octanol–water partition coefficient (Wildman–Crippen LogP) is 3.11. The van der Waals surface area contributed by atoms with Gasteiger partial charge in [-0.3, -0.25) is 19.6 Å². The molecule has 4 rings (SSSR count). The molecule has 0 spiro atoms. The number of methoxy groups -OCH3 is 1. The van der Waals surface area contributed by atoms with Gasteiger partial charge in [0, 0.05) is 63.3 Å². The minimum Gasteiger partial charge on any atom is -0.497 e. The van der Waals surface area contributed by atoms with Crippen molar-refractivity contribution in [3.8, 4) is 11.4 Å². The molecule has 1 aliphatic heterocycles. The zero-order chi connectivity index (χ0) is 20.2. The fourth-order valence-corrected chi connectivity index (χ4v) is 3.62. The maximum absolute atomic E-state index is 11.0. The predicted molar refractivity (Wildman–Crippen MR) is 111 cm³/mol. The van der Waals surface area contributed by atoms with Gasteiger partial charge < -0.3 is 9.64 Å². The van der Waals surface area contributed by atoms with E-state index in [1.807, 2.05) is 42.7 Å². The zero-order valence-electron chi connectivity index (χ0n) is 16.3. The van der Waals surface area contributed by atoms with E-state index in [1.165, 1.54) is 6.07 Å². The number of rotatable bonds is 6. The summed E-state index contributed by atoms with van der Waals surface area (Å²) < 4.78 is 7.40. The standard InChI is InChI=1S/C21H23N5O3/c1-29-20-7-3-5-18(15-20)25-9-8-22-21(25)24-12-10-23(11-13-24)16-17-4-2-6-19(14-17)26(27)28/h2-9,14-15H,10-13,16H2,1H3. The number of imidazole rings is 1. The van der Waals surface area contributed by atoms with Crippen molar-refractivity contribution in [3.05, 3.63) is 76.6 Å². The van der Waals surface area contributed by atoms with Crippen LogP contribution in [0, 0.1) is 10.1 Å². The second-order valence-electron chi connectivity index (χ2n) is 6.99. The Labute approximate surface area is 169 Å². The van der Waals surface area contributed by atoms with Gasteiger partial charge in [-0.25, -0.2) is 4.98 Å². The van der Waals surface area contributed by atoms with Gasteiger partial charge in [0.15, 0.2) is 0 Å². The molecular weight excluding hydrogens is 370 g/mol. The van der Waals surface area contributed by atoms with E-state index in [0.717, 1.165) is 49.1 Å². The van der Waals surface area contributed by atoms with Crippen LogP contribution in [-0.4, -0.2) is 52.7 Å². The average molecular weight is 393 g/mol. The number of benzene rings is 2. The van der Waals surface area contributed by atoms with Crippen molar-refractivity contribution in [2.45, 2.75) is 6.54 Å². The Hall–Kier alpha value is -3.39. The first-order valence-corrected chi connectivity index (χ1v) is 9.52. The summed E-state index contributed by atoms with van der Waals surface area (Å²) >= 11 is 0. The Bertz CT molecular complexity index is 995. The monoisotopic (exact) mass is 393 g/mol. The Morgan fingerprint density at radius 2 is 1.90 bits per heavy atom. The van der Waals surface area contributed by atoms with Crippen molar-refractivity contribution in [1.29, 1.82) is 0 Å². The van der Waals surface area contributed by atoms with Gasteiger partial charge in [0.1, 0.15) is 5.75 Å². The number of hydrogen-bond acceptors (Lipinski definition) is 6. The van der Waals surface area contributed by atoms with E-state index in [1.54, 1.807) is 19.2 Å². The highest BCUT2D eigenvalue weighted by molar-refractivity contribution is 5.47. The van der Waals surface area contributed by atoms with Crippen LogP contribution in [0.1, 0.15) is 5.56 Å². The zero-order valence-corrected chi connectivity index (χ0v) is 16.3. The average Bonchev–Trinajstić information content (AvgIpc) is 3.24. The van der Waals surface area contributed by atoms with Crippen molar-refractivity contribution in [1.82, 2.24) is 14.5 Å². The number of nitro benzene ring substituents is 1.